The smallest absolute Gasteiger partial charge is 0.243 e. The number of nitrogens with one attached hydrogen (secondary N) is 1. The van der Waals surface area contributed by atoms with E-state index in [1.54, 1.807) is 24.2 Å². The number of thioether (sulfide) groups is 1. The summed E-state index contributed by atoms with van der Waals surface area (Å²) in [4.78, 5) is 31.3. The Hall–Kier alpha value is -1.56. The normalized spacial score (nSPS) is 23.5. The first-order valence-electron chi connectivity index (χ1n) is 8.66. The van der Waals surface area contributed by atoms with Crippen LogP contribution < -0.4 is 5.32 Å². The fourth-order valence-electron chi connectivity index (χ4n) is 3.00. The van der Waals surface area contributed by atoms with Crippen LogP contribution in [0.25, 0.3) is 0 Å². The lowest BCUT2D eigenvalue weighted by Gasteiger charge is -2.30. The molecule has 1 aliphatic heterocycles. The van der Waals surface area contributed by atoms with Gasteiger partial charge < -0.3 is 10.2 Å². The van der Waals surface area contributed by atoms with Gasteiger partial charge in [-0.25, -0.2) is 0 Å². The number of hydrogen-bond donors (Lipinski definition) is 1. The maximum Gasteiger partial charge on any atom is 0.243 e. The van der Waals surface area contributed by atoms with E-state index in [1.807, 2.05) is 17.0 Å². The molecule has 1 N–H and O–H groups in total. The van der Waals surface area contributed by atoms with E-state index in [1.165, 1.54) is 0 Å². The Bertz CT molecular complexity index is 589. The quantitative estimate of drug-likeness (QED) is 0.858. The summed E-state index contributed by atoms with van der Waals surface area (Å²) in [5, 5.41) is 3.10. The van der Waals surface area contributed by atoms with Gasteiger partial charge in [-0.1, -0.05) is 19.9 Å². The van der Waals surface area contributed by atoms with Crippen molar-refractivity contribution in [3.63, 3.8) is 0 Å². The van der Waals surface area contributed by atoms with Crippen molar-refractivity contribution in [2.45, 2.75) is 51.1 Å². The number of aromatic nitrogens is 1. The Morgan fingerprint density at radius 1 is 1.42 bits per heavy atom. The summed E-state index contributed by atoms with van der Waals surface area (Å²) in [5.41, 5.74) is 0.968. The van der Waals surface area contributed by atoms with E-state index in [4.69, 9.17) is 0 Å². The fraction of sp³-hybridized carbons (Fsp3) is 0.611. The predicted octanol–water partition coefficient (Wildman–Crippen LogP) is 2.42. The lowest BCUT2D eigenvalue weighted by molar-refractivity contribution is -0.141. The van der Waals surface area contributed by atoms with E-state index < -0.39 is 0 Å². The first kappa shape index (κ1) is 17.3. The van der Waals surface area contributed by atoms with Crippen molar-refractivity contribution < 1.29 is 9.59 Å². The molecular weight excluding hydrogens is 322 g/mol. The van der Waals surface area contributed by atoms with E-state index in [0.29, 0.717) is 18.2 Å². The van der Waals surface area contributed by atoms with Crippen LogP contribution in [0.2, 0.25) is 0 Å². The molecule has 6 heteroatoms. The predicted molar refractivity (Wildman–Crippen MR) is 95.1 cm³/mol. The Balaban J connectivity index is 1.65. The van der Waals surface area contributed by atoms with E-state index >= 15 is 0 Å². The summed E-state index contributed by atoms with van der Waals surface area (Å²) in [6.45, 7) is 4.78. The molecule has 1 saturated heterocycles. The van der Waals surface area contributed by atoms with Crippen molar-refractivity contribution in [2.24, 2.45) is 11.8 Å². The molecule has 1 aliphatic carbocycles. The molecule has 2 amide bonds. The van der Waals surface area contributed by atoms with Crippen molar-refractivity contribution in [1.29, 1.82) is 0 Å². The highest BCUT2D eigenvalue weighted by Gasteiger charge is 2.45. The zero-order valence-electron chi connectivity index (χ0n) is 14.3. The van der Waals surface area contributed by atoms with Crippen molar-refractivity contribution in [3.05, 3.63) is 30.1 Å². The molecule has 3 rings (SSSR count). The van der Waals surface area contributed by atoms with Gasteiger partial charge in [-0.3, -0.25) is 14.6 Å². The molecule has 0 spiro atoms. The molecule has 2 fully saturated rings. The van der Waals surface area contributed by atoms with Crippen LogP contribution in [0.5, 0.6) is 0 Å². The van der Waals surface area contributed by atoms with Crippen LogP contribution in [0.15, 0.2) is 24.5 Å². The number of hydrogen-bond acceptors (Lipinski definition) is 4. The van der Waals surface area contributed by atoms with Crippen LogP contribution in [0.1, 0.15) is 38.7 Å². The first-order valence-corrected chi connectivity index (χ1v) is 9.71. The van der Waals surface area contributed by atoms with Gasteiger partial charge in [0, 0.05) is 30.6 Å². The molecular formula is C18H25N3O2S. The molecule has 1 aromatic heterocycles. The number of carbonyl (C=O) groups excluding carboxylic acids is 2. The van der Waals surface area contributed by atoms with Crippen molar-refractivity contribution in [2.75, 3.05) is 5.75 Å². The third kappa shape index (κ3) is 4.09. The molecule has 24 heavy (non-hydrogen) atoms. The summed E-state index contributed by atoms with van der Waals surface area (Å²) < 4.78 is 0. The summed E-state index contributed by atoms with van der Waals surface area (Å²) in [6, 6.07) is 3.45. The van der Waals surface area contributed by atoms with Gasteiger partial charge in [0.05, 0.1) is 5.37 Å². The van der Waals surface area contributed by atoms with Crippen molar-refractivity contribution in [1.82, 2.24) is 15.2 Å². The Labute approximate surface area is 147 Å². The minimum absolute atomic E-state index is 0.0494. The molecule has 2 aliphatic rings. The second kappa shape index (κ2) is 7.55. The summed E-state index contributed by atoms with van der Waals surface area (Å²) in [7, 11) is 0. The summed E-state index contributed by atoms with van der Waals surface area (Å²) in [6.07, 6.45) is 6.34. The van der Waals surface area contributed by atoms with Gasteiger partial charge in [0.1, 0.15) is 6.04 Å². The van der Waals surface area contributed by atoms with E-state index in [-0.39, 0.29) is 29.1 Å². The highest BCUT2D eigenvalue weighted by atomic mass is 32.2. The first-order chi connectivity index (χ1) is 11.6. The number of rotatable bonds is 6. The lowest BCUT2D eigenvalue weighted by atomic mass is 10.1. The molecule has 1 aromatic rings. The zero-order chi connectivity index (χ0) is 17.1. The Morgan fingerprint density at radius 2 is 2.21 bits per heavy atom. The van der Waals surface area contributed by atoms with Gasteiger partial charge in [0.2, 0.25) is 11.8 Å². The van der Waals surface area contributed by atoms with Gasteiger partial charge in [-0.15, -0.1) is 11.8 Å². The largest absolute Gasteiger partial charge is 0.350 e. The van der Waals surface area contributed by atoms with Crippen LogP contribution in [0.3, 0.4) is 0 Å². The molecule has 2 atom stereocenters. The molecule has 2 heterocycles. The maximum atomic E-state index is 12.7. The lowest BCUT2D eigenvalue weighted by Crippen LogP contribution is -2.50. The third-order valence-electron chi connectivity index (χ3n) is 4.44. The van der Waals surface area contributed by atoms with Crippen molar-refractivity contribution in [3.8, 4) is 0 Å². The van der Waals surface area contributed by atoms with Crippen LogP contribution in [-0.2, 0) is 16.1 Å². The second-order valence-electron chi connectivity index (χ2n) is 7.03. The van der Waals surface area contributed by atoms with Crippen molar-refractivity contribution >= 4 is 23.6 Å². The number of amides is 2. The molecule has 0 aromatic carbocycles. The van der Waals surface area contributed by atoms with Gasteiger partial charge in [0.25, 0.3) is 0 Å². The Kier molecular flexibility index (Phi) is 5.43. The second-order valence-corrected chi connectivity index (χ2v) is 8.24. The molecule has 130 valence electrons. The van der Waals surface area contributed by atoms with E-state index in [2.05, 4.69) is 24.1 Å². The van der Waals surface area contributed by atoms with E-state index in [0.717, 1.165) is 24.8 Å². The standard InChI is InChI=1S/C18H25N3O2S/c1-12(2)8-16-21(18(23)14-5-6-14)15(11-24-16)17(22)20-10-13-4-3-7-19-9-13/h3-4,7,9,12,14-16H,5-6,8,10-11H2,1-2H3,(H,20,22). The Morgan fingerprint density at radius 3 is 2.83 bits per heavy atom. The molecule has 5 nitrogen and oxygen atoms in total. The highest BCUT2D eigenvalue weighted by Crippen LogP contribution is 2.39. The molecule has 2 unspecified atom stereocenters. The zero-order valence-corrected chi connectivity index (χ0v) is 15.1. The van der Waals surface area contributed by atoms with Crippen LogP contribution in [0.4, 0.5) is 0 Å². The number of nitrogens with zero attached hydrogens (tertiary/aromatic N) is 2. The number of carbonyl (C=O) groups is 2. The van der Waals surface area contributed by atoms with Crippen LogP contribution in [0, 0.1) is 11.8 Å². The maximum absolute atomic E-state index is 12.7. The van der Waals surface area contributed by atoms with Gasteiger partial charge in [-0.2, -0.15) is 0 Å². The monoisotopic (exact) mass is 347 g/mol. The van der Waals surface area contributed by atoms with Gasteiger partial charge in [-0.05, 0) is 36.8 Å². The minimum Gasteiger partial charge on any atom is -0.350 e. The average molecular weight is 347 g/mol. The van der Waals surface area contributed by atoms with Crippen LogP contribution in [-0.4, -0.2) is 38.9 Å². The van der Waals surface area contributed by atoms with E-state index in [9.17, 15) is 9.59 Å². The minimum atomic E-state index is -0.344. The summed E-state index contributed by atoms with van der Waals surface area (Å²) in [5.74, 6) is 1.47. The number of pyridine rings is 1. The fourth-order valence-corrected chi connectivity index (χ4v) is 4.65. The SMILES string of the molecule is CC(C)CC1SCC(C(=O)NCc2cccnc2)N1C(=O)C1CC1. The topological polar surface area (TPSA) is 62.3 Å². The molecule has 0 radical (unpaired) electrons. The highest BCUT2D eigenvalue weighted by molar-refractivity contribution is 8.00. The third-order valence-corrected chi connectivity index (χ3v) is 5.75. The van der Waals surface area contributed by atoms with Crippen LogP contribution >= 0.6 is 11.8 Å². The van der Waals surface area contributed by atoms with Gasteiger partial charge in [0.15, 0.2) is 0 Å². The van der Waals surface area contributed by atoms with Gasteiger partial charge >= 0.3 is 0 Å². The molecule has 1 saturated carbocycles. The average Bonchev–Trinajstić information content (AvgIpc) is 3.34. The summed E-state index contributed by atoms with van der Waals surface area (Å²) >= 11 is 1.74. The molecule has 0 bridgehead atoms.